The number of benzene rings is 3. The third-order valence-corrected chi connectivity index (χ3v) is 6.18. The Labute approximate surface area is 183 Å². The largest absolute Gasteiger partial charge is 0.385 e. The van der Waals surface area contributed by atoms with Gasteiger partial charge >= 0.3 is 0 Å². The molecule has 31 heavy (non-hydrogen) atoms. The van der Waals surface area contributed by atoms with E-state index in [1.54, 1.807) is 43.5 Å². The molecule has 0 heterocycles. The number of carbonyl (C=O) groups excluding carboxylic acids is 1. The lowest BCUT2D eigenvalue weighted by Gasteiger charge is -2.09. The minimum atomic E-state index is -3.60. The van der Waals surface area contributed by atoms with E-state index in [-0.39, 0.29) is 17.3 Å². The van der Waals surface area contributed by atoms with Crippen molar-refractivity contribution < 1.29 is 17.9 Å². The van der Waals surface area contributed by atoms with E-state index in [4.69, 9.17) is 4.74 Å². The van der Waals surface area contributed by atoms with E-state index < -0.39 is 10.0 Å². The maximum Gasteiger partial charge on any atom is 0.251 e. The second-order valence-corrected chi connectivity index (χ2v) is 8.78. The number of amides is 1. The van der Waals surface area contributed by atoms with Gasteiger partial charge in [0.2, 0.25) is 10.0 Å². The molecule has 0 saturated carbocycles. The summed E-state index contributed by atoms with van der Waals surface area (Å²) in [6.45, 7) is 1.40. The van der Waals surface area contributed by atoms with Crippen LogP contribution >= 0.6 is 0 Å². The second kappa shape index (κ2) is 10.9. The van der Waals surface area contributed by atoms with Crippen LogP contribution < -0.4 is 10.0 Å². The Morgan fingerprint density at radius 3 is 2.10 bits per heavy atom. The van der Waals surface area contributed by atoms with Crippen molar-refractivity contribution in [3.63, 3.8) is 0 Å². The number of sulfonamides is 1. The Balaban J connectivity index is 1.62. The molecule has 6 nitrogen and oxygen atoms in total. The minimum absolute atomic E-state index is 0.131. The summed E-state index contributed by atoms with van der Waals surface area (Å²) in [5.41, 5.74) is 3.24. The number of hydrogen-bond acceptors (Lipinski definition) is 4. The zero-order valence-electron chi connectivity index (χ0n) is 17.4. The molecule has 0 fully saturated rings. The minimum Gasteiger partial charge on any atom is -0.385 e. The normalized spacial score (nSPS) is 11.3. The van der Waals surface area contributed by atoms with Gasteiger partial charge in [0.1, 0.15) is 0 Å². The van der Waals surface area contributed by atoms with E-state index in [0.29, 0.717) is 18.7 Å². The summed E-state index contributed by atoms with van der Waals surface area (Å²) in [6, 6.07) is 23.3. The van der Waals surface area contributed by atoms with Gasteiger partial charge < -0.3 is 10.1 Å². The van der Waals surface area contributed by atoms with Crippen molar-refractivity contribution in [3.05, 3.63) is 90.0 Å². The van der Waals surface area contributed by atoms with Gasteiger partial charge in [-0.25, -0.2) is 13.1 Å². The van der Waals surface area contributed by atoms with E-state index in [1.807, 2.05) is 42.5 Å². The van der Waals surface area contributed by atoms with Crippen LogP contribution in [0.5, 0.6) is 0 Å². The van der Waals surface area contributed by atoms with E-state index in [9.17, 15) is 13.2 Å². The van der Waals surface area contributed by atoms with E-state index in [1.165, 1.54) is 0 Å². The topological polar surface area (TPSA) is 84.5 Å². The second-order valence-electron chi connectivity index (χ2n) is 7.01. The molecule has 0 atom stereocenters. The van der Waals surface area contributed by atoms with Crippen LogP contribution in [0.1, 0.15) is 22.3 Å². The molecule has 3 aromatic carbocycles. The maximum absolute atomic E-state index is 12.5. The fourth-order valence-corrected chi connectivity index (χ4v) is 4.04. The monoisotopic (exact) mass is 438 g/mol. The van der Waals surface area contributed by atoms with Gasteiger partial charge in [0.25, 0.3) is 5.91 Å². The van der Waals surface area contributed by atoms with Crippen molar-refractivity contribution in [2.45, 2.75) is 17.9 Å². The Hall–Kier alpha value is -3.00. The molecule has 3 rings (SSSR count). The predicted octanol–water partition coefficient (Wildman–Crippen LogP) is 3.60. The number of rotatable bonds is 10. The Morgan fingerprint density at radius 1 is 0.871 bits per heavy atom. The van der Waals surface area contributed by atoms with Crippen LogP contribution in [0, 0.1) is 0 Å². The fourth-order valence-electron chi connectivity index (χ4n) is 3.02. The summed E-state index contributed by atoms with van der Waals surface area (Å²) in [6.07, 6.45) is 0.760. The molecule has 2 N–H and O–H groups in total. The highest BCUT2D eigenvalue weighted by Crippen LogP contribution is 2.22. The lowest BCUT2D eigenvalue weighted by Crippen LogP contribution is -2.25. The standard InChI is InChI=1S/C24H26N2O4S/c1-30-17-5-16-25-24(27)22-10-8-20(9-11-22)21-12-14-23(15-13-21)31(28,29)26-18-19-6-3-2-4-7-19/h2-4,6-15,26H,5,16-18H2,1H3,(H,25,27). The zero-order valence-corrected chi connectivity index (χ0v) is 18.2. The van der Waals surface area contributed by atoms with Crippen LogP contribution in [0.2, 0.25) is 0 Å². The highest BCUT2D eigenvalue weighted by molar-refractivity contribution is 7.89. The van der Waals surface area contributed by atoms with E-state index in [2.05, 4.69) is 10.0 Å². The molecule has 162 valence electrons. The van der Waals surface area contributed by atoms with Crippen LogP contribution in [-0.2, 0) is 21.3 Å². The number of carbonyl (C=O) groups is 1. The molecule has 0 radical (unpaired) electrons. The highest BCUT2D eigenvalue weighted by Gasteiger charge is 2.14. The molecule has 3 aromatic rings. The molecule has 0 saturated heterocycles. The molecular formula is C24H26N2O4S. The molecule has 0 spiro atoms. The zero-order chi connectivity index (χ0) is 22.1. The van der Waals surface area contributed by atoms with Gasteiger partial charge in [0.15, 0.2) is 0 Å². The van der Waals surface area contributed by atoms with Crippen molar-refractivity contribution in [3.8, 4) is 11.1 Å². The third kappa shape index (κ3) is 6.49. The molecule has 7 heteroatoms. The summed E-state index contributed by atoms with van der Waals surface area (Å²) in [7, 11) is -1.97. The van der Waals surface area contributed by atoms with Gasteiger partial charge in [0.05, 0.1) is 4.90 Å². The first-order valence-electron chi connectivity index (χ1n) is 10.0. The molecule has 0 aromatic heterocycles. The summed E-state index contributed by atoms with van der Waals surface area (Å²) < 4.78 is 32.7. The van der Waals surface area contributed by atoms with Crippen LogP contribution in [0.3, 0.4) is 0 Å². The highest BCUT2D eigenvalue weighted by atomic mass is 32.2. The first kappa shape index (κ1) is 22.7. The van der Waals surface area contributed by atoms with Crippen LogP contribution in [0.25, 0.3) is 11.1 Å². The summed E-state index contributed by atoms with van der Waals surface area (Å²) >= 11 is 0. The molecule has 0 aliphatic heterocycles. The van der Waals surface area contributed by atoms with Crippen LogP contribution in [0.4, 0.5) is 0 Å². The number of ether oxygens (including phenoxy) is 1. The van der Waals surface area contributed by atoms with Crippen molar-refractivity contribution >= 4 is 15.9 Å². The van der Waals surface area contributed by atoms with Crippen molar-refractivity contribution in [1.29, 1.82) is 0 Å². The van der Waals surface area contributed by atoms with Crippen LogP contribution in [0.15, 0.2) is 83.8 Å². The SMILES string of the molecule is COCCCNC(=O)c1ccc(-c2ccc(S(=O)(=O)NCc3ccccc3)cc2)cc1. The van der Waals surface area contributed by atoms with Crippen molar-refractivity contribution in [1.82, 2.24) is 10.0 Å². The van der Waals surface area contributed by atoms with Gasteiger partial charge in [-0.2, -0.15) is 0 Å². The average Bonchev–Trinajstić information content (AvgIpc) is 2.81. The quantitative estimate of drug-likeness (QED) is 0.474. The molecule has 0 unspecified atom stereocenters. The van der Waals surface area contributed by atoms with Crippen LogP contribution in [-0.4, -0.2) is 34.6 Å². The number of nitrogens with one attached hydrogen (secondary N) is 2. The average molecular weight is 439 g/mol. The molecule has 0 aliphatic carbocycles. The molecule has 0 bridgehead atoms. The third-order valence-electron chi connectivity index (χ3n) is 4.76. The predicted molar refractivity (Wildman–Crippen MR) is 121 cm³/mol. The smallest absolute Gasteiger partial charge is 0.251 e. The molecule has 0 aliphatic rings. The first-order valence-corrected chi connectivity index (χ1v) is 11.5. The fraction of sp³-hybridized carbons (Fsp3) is 0.208. The van der Waals surface area contributed by atoms with Gasteiger partial charge in [0, 0.05) is 32.4 Å². The summed E-state index contributed by atoms with van der Waals surface area (Å²) in [5.74, 6) is -0.131. The Morgan fingerprint density at radius 2 is 1.48 bits per heavy atom. The van der Waals surface area contributed by atoms with E-state index >= 15 is 0 Å². The summed E-state index contributed by atoms with van der Waals surface area (Å²) in [5, 5.41) is 2.85. The number of methoxy groups -OCH3 is 1. The Bertz CT molecular complexity index is 1080. The number of hydrogen-bond donors (Lipinski definition) is 2. The van der Waals surface area contributed by atoms with Gasteiger partial charge in [-0.05, 0) is 47.4 Å². The van der Waals surface area contributed by atoms with Crippen molar-refractivity contribution in [2.75, 3.05) is 20.3 Å². The summed E-state index contributed by atoms with van der Waals surface area (Å²) in [4.78, 5) is 12.4. The maximum atomic E-state index is 12.5. The molecular weight excluding hydrogens is 412 g/mol. The lowest BCUT2D eigenvalue weighted by molar-refractivity contribution is 0.0948. The van der Waals surface area contributed by atoms with Crippen molar-refractivity contribution in [2.24, 2.45) is 0 Å². The lowest BCUT2D eigenvalue weighted by atomic mass is 10.0. The Kier molecular flexibility index (Phi) is 7.94. The van der Waals surface area contributed by atoms with Gasteiger partial charge in [-0.1, -0.05) is 54.6 Å². The van der Waals surface area contributed by atoms with E-state index in [0.717, 1.165) is 23.1 Å². The van der Waals surface area contributed by atoms with Gasteiger partial charge in [-0.3, -0.25) is 4.79 Å². The first-order chi connectivity index (χ1) is 15.0. The van der Waals surface area contributed by atoms with Gasteiger partial charge in [-0.15, -0.1) is 0 Å². The molecule has 1 amide bonds.